The van der Waals surface area contributed by atoms with Crippen LogP contribution >= 0.6 is 22.9 Å². The van der Waals surface area contributed by atoms with Crippen LogP contribution in [0.5, 0.6) is 11.5 Å². The second-order valence-corrected chi connectivity index (χ2v) is 8.28. The zero-order chi connectivity index (χ0) is 22.5. The number of halogens is 1. The summed E-state index contributed by atoms with van der Waals surface area (Å²) in [6.07, 6.45) is 3.44. The van der Waals surface area contributed by atoms with Crippen molar-refractivity contribution in [3.63, 3.8) is 0 Å². The molecule has 4 aromatic rings. The van der Waals surface area contributed by atoms with E-state index >= 15 is 0 Å². The highest BCUT2D eigenvalue weighted by atomic mass is 35.5. The molecular weight excluding hydrogens is 446 g/mol. The lowest BCUT2D eigenvalue weighted by Gasteiger charge is -2.21. The second kappa shape index (κ2) is 9.97. The molecule has 0 aliphatic heterocycles. The molecule has 0 aliphatic rings. The Morgan fingerprint density at radius 3 is 2.59 bits per heavy atom. The van der Waals surface area contributed by atoms with Gasteiger partial charge in [0.25, 0.3) is 5.91 Å². The number of carbonyl (C=O) groups excluding carboxylic acids is 1. The SMILES string of the molecule is CCOc1ccc(C(=O)N(Cc2cccnc2)c2nc3c(Cl)cccc3s2)cc1OCC. The first-order valence-electron chi connectivity index (χ1n) is 10.3. The van der Waals surface area contributed by atoms with E-state index in [1.807, 2.05) is 38.1 Å². The van der Waals surface area contributed by atoms with E-state index in [4.69, 9.17) is 21.1 Å². The van der Waals surface area contributed by atoms with E-state index in [1.54, 1.807) is 41.6 Å². The van der Waals surface area contributed by atoms with Crippen LogP contribution in [0.3, 0.4) is 0 Å². The number of rotatable bonds is 8. The number of thiazole rings is 1. The van der Waals surface area contributed by atoms with Crippen LogP contribution in [0.2, 0.25) is 5.02 Å². The molecule has 0 radical (unpaired) electrons. The van der Waals surface area contributed by atoms with E-state index in [-0.39, 0.29) is 5.91 Å². The van der Waals surface area contributed by atoms with Crippen LogP contribution in [0.1, 0.15) is 29.8 Å². The summed E-state index contributed by atoms with van der Waals surface area (Å²) in [4.78, 5) is 24.2. The van der Waals surface area contributed by atoms with E-state index in [2.05, 4.69) is 9.97 Å². The molecule has 164 valence electrons. The van der Waals surface area contributed by atoms with E-state index in [1.165, 1.54) is 11.3 Å². The fourth-order valence-corrected chi connectivity index (χ4v) is 4.52. The highest BCUT2D eigenvalue weighted by molar-refractivity contribution is 7.22. The lowest BCUT2D eigenvalue weighted by Crippen LogP contribution is -2.30. The number of anilines is 1. The first-order valence-corrected chi connectivity index (χ1v) is 11.5. The number of fused-ring (bicyclic) bond motifs is 1. The monoisotopic (exact) mass is 467 g/mol. The maximum atomic E-state index is 13.7. The van der Waals surface area contributed by atoms with Crippen molar-refractivity contribution >= 4 is 44.2 Å². The Bertz CT molecular complexity index is 1230. The number of nitrogens with zero attached hydrogens (tertiary/aromatic N) is 3. The molecule has 32 heavy (non-hydrogen) atoms. The predicted molar refractivity (Wildman–Crippen MR) is 128 cm³/mol. The van der Waals surface area contributed by atoms with Crippen molar-refractivity contribution in [2.45, 2.75) is 20.4 Å². The van der Waals surface area contributed by atoms with Gasteiger partial charge in [-0.2, -0.15) is 0 Å². The normalized spacial score (nSPS) is 10.8. The molecule has 0 spiro atoms. The van der Waals surface area contributed by atoms with Crippen LogP contribution in [-0.2, 0) is 6.54 Å². The minimum Gasteiger partial charge on any atom is -0.490 e. The number of aromatic nitrogens is 2. The summed E-state index contributed by atoms with van der Waals surface area (Å²) in [7, 11) is 0. The maximum absolute atomic E-state index is 13.7. The van der Waals surface area contributed by atoms with Crippen molar-refractivity contribution < 1.29 is 14.3 Å². The van der Waals surface area contributed by atoms with Crippen LogP contribution in [0, 0.1) is 0 Å². The minimum atomic E-state index is -0.201. The molecule has 0 atom stereocenters. The summed E-state index contributed by atoms with van der Waals surface area (Å²) >= 11 is 7.76. The minimum absolute atomic E-state index is 0.201. The fraction of sp³-hybridized carbons (Fsp3) is 0.208. The van der Waals surface area contributed by atoms with Crippen molar-refractivity contribution in [3.8, 4) is 11.5 Å². The Hall–Kier alpha value is -3.16. The van der Waals surface area contributed by atoms with Gasteiger partial charge in [-0.3, -0.25) is 14.7 Å². The molecular formula is C24H22ClN3O3S. The van der Waals surface area contributed by atoms with Gasteiger partial charge in [0, 0.05) is 18.0 Å². The van der Waals surface area contributed by atoms with Gasteiger partial charge >= 0.3 is 0 Å². The first-order chi connectivity index (χ1) is 15.6. The number of para-hydroxylation sites is 1. The van der Waals surface area contributed by atoms with Gasteiger partial charge < -0.3 is 9.47 Å². The molecule has 0 N–H and O–H groups in total. The second-order valence-electron chi connectivity index (χ2n) is 6.86. The number of benzene rings is 2. The van der Waals surface area contributed by atoms with Crippen molar-refractivity contribution in [3.05, 3.63) is 77.1 Å². The molecule has 0 bridgehead atoms. The summed E-state index contributed by atoms with van der Waals surface area (Å²) in [6, 6.07) is 14.6. The number of amides is 1. The Kier molecular flexibility index (Phi) is 6.87. The van der Waals surface area contributed by atoms with Crippen LogP contribution in [-0.4, -0.2) is 29.1 Å². The summed E-state index contributed by atoms with van der Waals surface area (Å²) in [6.45, 7) is 5.09. The molecule has 0 saturated carbocycles. The number of carbonyl (C=O) groups is 1. The molecule has 6 nitrogen and oxygen atoms in total. The number of ether oxygens (including phenoxy) is 2. The largest absolute Gasteiger partial charge is 0.490 e. The first kappa shape index (κ1) is 22.0. The van der Waals surface area contributed by atoms with Crippen LogP contribution in [0.4, 0.5) is 5.13 Å². The summed E-state index contributed by atoms with van der Waals surface area (Å²) in [5.74, 6) is 0.943. The summed E-state index contributed by atoms with van der Waals surface area (Å²) in [5.41, 5.74) is 2.05. The Balaban J connectivity index is 1.76. The van der Waals surface area contributed by atoms with Crippen molar-refractivity contribution in [1.82, 2.24) is 9.97 Å². The number of hydrogen-bond donors (Lipinski definition) is 0. The maximum Gasteiger partial charge on any atom is 0.260 e. The van der Waals surface area contributed by atoms with E-state index in [9.17, 15) is 4.79 Å². The predicted octanol–water partition coefficient (Wildman–Crippen LogP) is 5.99. The third kappa shape index (κ3) is 4.69. The van der Waals surface area contributed by atoms with Gasteiger partial charge in [-0.05, 0) is 55.8 Å². The molecule has 2 aromatic carbocycles. The molecule has 2 heterocycles. The standard InChI is InChI=1S/C24H22ClN3O3S/c1-3-30-19-11-10-17(13-20(19)31-4-2)23(29)28(15-16-7-6-12-26-14-16)24-27-22-18(25)8-5-9-21(22)32-24/h5-14H,3-4,15H2,1-2H3. The Morgan fingerprint density at radius 2 is 1.88 bits per heavy atom. The average molecular weight is 468 g/mol. The zero-order valence-corrected chi connectivity index (χ0v) is 19.3. The quantitative estimate of drug-likeness (QED) is 0.318. The topological polar surface area (TPSA) is 64.5 Å². The van der Waals surface area contributed by atoms with Gasteiger partial charge in [0.15, 0.2) is 16.6 Å². The zero-order valence-electron chi connectivity index (χ0n) is 17.7. The third-order valence-electron chi connectivity index (χ3n) is 4.69. The molecule has 4 rings (SSSR count). The van der Waals surface area contributed by atoms with Crippen molar-refractivity contribution in [2.24, 2.45) is 0 Å². The van der Waals surface area contributed by atoms with E-state index in [0.717, 1.165) is 10.3 Å². The molecule has 2 aromatic heterocycles. The van der Waals surface area contributed by atoms with Crippen molar-refractivity contribution in [1.29, 1.82) is 0 Å². The van der Waals surface area contributed by atoms with Crippen LogP contribution in [0.15, 0.2) is 60.9 Å². The smallest absolute Gasteiger partial charge is 0.260 e. The lowest BCUT2D eigenvalue weighted by molar-refractivity contribution is 0.0984. The van der Waals surface area contributed by atoms with Crippen molar-refractivity contribution in [2.75, 3.05) is 18.1 Å². The van der Waals surface area contributed by atoms with E-state index < -0.39 is 0 Å². The number of pyridine rings is 1. The Morgan fingerprint density at radius 1 is 1.06 bits per heavy atom. The van der Waals surface area contributed by atoms with Crippen LogP contribution < -0.4 is 14.4 Å². The molecule has 0 saturated heterocycles. The molecule has 0 aliphatic carbocycles. The molecule has 8 heteroatoms. The summed E-state index contributed by atoms with van der Waals surface area (Å²) < 4.78 is 12.3. The summed E-state index contributed by atoms with van der Waals surface area (Å²) in [5, 5.41) is 1.12. The van der Waals surface area contributed by atoms with Gasteiger partial charge in [-0.1, -0.05) is 35.1 Å². The molecule has 0 unspecified atom stereocenters. The number of hydrogen-bond acceptors (Lipinski definition) is 6. The van der Waals surface area contributed by atoms with Gasteiger partial charge in [0.1, 0.15) is 5.52 Å². The van der Waals surface area contributed by atoms with Crippen LogP contribution in [0.25, 0.3) is 10.2 Å². The van der Waals surface area contributed by atoms with E-state index in [0.29, 0.717) is 52.5 Å². The fourth-order valence-electron chi connectivity index (χ4n) is 3.26. The highest BCUT2D eigenvalue weighted by Crippen LogP contribution is 2.35. The van der Waals surface area contributed by atoms with Gasteiger partial charge in [-0.15, -0.1) is 0 Å². The average Bonchev–Trinajstić information content (AvgIpc) is 3.25. The highest BCUT2D eigenvalue weighted by Gasteiger charge is 2.23. The Labute approximate surface area is 195 Å². The molecule has 1 amide bonds. The van der Waals surface area contributed by atoms with Gasteiger partial charge in [0.05, 0.1) is 29.5 Å². The van der Waals surface area contributed by atoms with Gasteiger partial charge in [-0.25, -0.2) is 4.98 Å². The third-order valence-corrected chi connectivity index (χ3v) is 6.04. The lowest BCUT2D eigenvalue weighted by atomic mass is 10.1. The molecule has 0 fully saturated rings. The van der Waals surface area contributed by atoms with Gasteiger partial charge in [0.2, 0.25) is 0 Å².